The lowest BCUT2D eigenvalue weighted by Crippen LogP contribution is -2.63. The van der Waals surface area contributed by atoms with Gasteiger partial charge in [-0.2, -0.15) is 47.9 Å². The van der Waals surface area contributed by atoms with Crippen LogP contribution in [0.2, 0.25) is 0 Å². The minimum absolute atomic E-state index is 0.0888. The normalized spacial score (nSPS) is 16.2. The van der Waals surface area contributed by atoms with Crippen LogP contribution in [0.1, 0.15) is 20.3 Å². The molecule has 128 valence electrons. The summed E-state index contributed by atoms with van der Waals surface area (Å²) < 4.78 is 143. The molecular formula is C8H9F9O3S. The third kappa shape index (κ3) is 3.38. The molecule has 0 saturated carbocycles. The van der Waals surface area contributed by atoms with E-state index in [4.69, 9.17) is 4.55 Å². The van der Waals surface area contributed by atoms with Crippen molar-refractivity contribution in [1.82, 2.24) is 0 Å². The highest BCUT2D eigenvalue weighted by atomic mass is 32.2. The summed E-state index contributed by atoms with van der Waals surface area (Å²) >= 11 is 0. The molecule has 0 bridgehead atoms. The average molecular weight is 356 g/mol. The van der Waals surface area contributed by atoms with Gasteiger partial charge in [-0.15, -0.1) is 0 Å². The van der Waals surface area contributed by atoms with Crippen molar-refractivity contribution in [3.8, 4) is 0 Å². The van der Waals surface area contributed by atoms with Crippen LogP contribution < -0.4 is 0 Å². The predicted molar refractivity (Wildman–Crippen MR) is 50.8 cm³/mol. The maximum atomic E-state index is 13.4. The lowest BCUT2D eigenvalue weighted by Gasteiger charge is -2.40. The Morgan fingerprint density at radius 1 is 0.810 bits per heavy atom. The molecule has 0 radical (unpaired) electrons. The second-order valence-corrected chi connectivity index (χ2v) is 6.28. The van der Waals surface area contributed by atoms with E-state index < -0.39 is 45.2 Å². The highest BCUT2D eigenvalue weighted by molar-refractivity contribution is 7.87. The maximum Gasteiger partial charge on any atom is 0.437 e. The van der Waals surface area contributed by atoms with E-state index in [1.54, 1.807) is 0 Å². The van der Waals surface area contributed by atoms with E-state index in [1.165, 1.54) is 0 Å². The zero-order chi connectivity index (χ0) is 17.7. The van der Waals surface area contributed by atoms with Crippen LogP contribution in [0, 0.1) is 5.41 Å². The van der Waals surface area contributed by atoms with Crippen molar-refractivity contribution >= 4 is 10.1 Å². The van der Waals surface area contributed by atoms with Crippen molar-refractivity contribution < 1.29 is 52.5 Å². The molecule has 0 unspecified atom stereocenters. The van der Waals surface area contributed by atoms with Gasteiger partial charge in [0.15, 0.2) is 0 Å². The minimum atomic E-state index is -6.99. The van der Waals surface area contributed by atoms with Gasteiger partial charge in [-0.1, -0.05) is 13.8 Å². The van der Waals surface area contributed by atoms with Gasteiger partial charge in [-0.3, -0.25) is 4.55 Å². The van der Waals surface area contributed by atoms with Gasteiger partial charge < -0.3 is 0 Å². The minimum Gasteiger partial charge on any atom is -0.281 e. The maximum absolute atomic E-state index is 13.4. The Kier molecular flexibility index (Phi) is 4.73. The molecule has 0 aliphatic carbocycles. The third-order valence-corrected chi connectivity index (χ3v) is 3.48. The first-order valence-electron chi connectivity index (χ1n) is 4.88. The van der Waals surface area contributed by atoms with E-state index in [-0.39, 0.29) is 13.8 Å². The lowest BCUT2D eigenvalue weighted by atomic mass is 9.78. The van der Waals surface area contributed by atoms with E-state index in [9.17, 15) is 47.9 Å². The highest BCUT2D eigenvalue weighted by Gasteiger charge is 2.81. The average Bonchev–Trinajstić information content (AvgIpc) is 2.10. The van der Waals surface area contributed by atoms with Gasteiger partial charge in [0.2, 0.25) is 0 Å². The molecule has 3 nitrogen and oxygen atoms in total. The lowest BCUT2D eigenvalue weighted by molar-refractivity contribution is -0.327. The second-order valence-electron chi connectivity index (χ2n) is 4.82. The zero-order valence-corrected chi connectivity index (χ0v) is 11.1. The fraction of sp³-hybridized carbons (Fsp3) is 1.00. The second kappa shape index (κ2) is 4.89. The molecule has 0 aliphatic heterocycles. The van der Waals surface area contributed by atoms with Gasteiger partial charge in [0.1, 0.15) is 0 Å². The molecule has 0 fully saturated rings. The van der Waals surface area contributed by atoms with Gasteiger partial charge in [-0.25, -0.2) is 0 Å². The summed E-state index contributed by atoms with van der Waals surface area (Å²) in [6, 6.07) is 0. The van der Waals surface area contributed by atoms with Crippen molar-refractivity contribution in [1.29, 1.82) is 0 Å². The van der Waals surface area contributed by atoms with Crippen LogP contribution in [0.25, 0.3) is 0 Å². The molecule has 1 N–H and O–H groups in total. The first-order valence-corrected chi connectivity index (χ1v) is 6.32. The van der Waals surface area contributed by atoms with Gasteiger partial charge >= 0.3 is 33.4 Å². The molecule has 0 atom stereocenters. The smallest absolute Gasteiger partial charge is 0.281 e. The molecule has 0 heterocycles. The van der Waals surface area contributed by atoms with Crippen LogP contribution in [-0.2, 0) is 10.1 Å². The van der Waals surface area contributed by atoms with Crippen molar-refractivity contribution in [3.63, 3.8) is 0 Å². The standard InChI is InChI=1S/C8H9F9O3S/c1-4(2,3-5(9,10)11)6(12,13)7(14,15)8(16,17)21(18,19)20/h3H2,1-2H3,(H,18,19,20). The van der Waals surface area contributed by atoms with Crippen LogP contribution in [0.3, 0.4) is 0 Å². The van der Waals surface area contributed by atoms with Crippen molar-refractivity contribution in [2.24, 2.45) is 5.41 Å². The quantitative estimate of drug-likeness (QED) is 0.604. The molecule has 0 saturated heterocycles. The molecule has 0 spiro atoms. The van der Waals surface area contributed by atoms with Crippen LogP contribution in [0.4, 0.5) is 39.5 Å². The Morgan fingerprint density at radius 3 is 1.38 bits per heavy atom. The fourth-order valence-corrected chi connectivity index (χ4v) is 1.83. The zero-order valence-electron chi connectivity index (χ0n) is 10.3. The Bertz CT molecular complexity index is 492. The molecule has 0 aliphatic rings. The van der Waals surface area contributed by atoms with Gasteiger partial charge in [-0.05, 0) is 0 Å². The first kappa shape index (κ1) is 20.3. The monoisotopic (exact) mass is 356 g/mol. The molecule has 0 aromatic heterocycles. The van der Waals surface area contributed by atoms with E-state index in [0.717, 1.165) is 0 Å². The summed E-state index contributed by atoms with van der Waals surface area (Å²) in [5.41, 5.74) is -3.77. The molecule has 13 heteroatoms. The van der Waals surface area contributed by atoms with Crippen LogP contribution in [-0.4, -0.2) is 36.2 Å². The number of halogens is 9. The number of hydrogen-bond acceptors (Lipinski definition) is 2. The molecule has 21 heavy (non-hydrogen) atoms. The Labute approximate surface area is 112 Å². The van der Waals surface area contributed by atoms with E-state index >= 15 is 0 Å². The molecule has 0 aromatic rings. The van der Waals surface area contributed by atoms with Crippen molar-refractivity contribution in [3.05, 3.63) is 0 Å². The van der Waals surface area contributed by atoms with E-state index in [1.807, 2.05) is 0 Å². The summed E-state index contributed by atoms with van der Waals surface area (Å²) in [5.74, 6) is -12.9. The summed E-state index contributed by atoms with van der Waals surface area (Å²) in [6.07, 6.45) is -8.00. The number of rotatable bonds is 5. The summed E-state index contributed by atoms with van der Waals surface area (Å²) in [4.78, 5) is 0. The summed E-state index contributed by atoms with van der Waals surface area (Å²) in [6.45, 7) is -0.178. The molecule has 0 amide bonds. The summed E-state index contributed by atoms with van der Waals surface area (Å²) in [5, 5.41) is -6.67. The third-order valence-electron chi connectivity index (χ3n) is 2.58. The van der Waals surface area contributed by atoms with Gasteiger partial charge in [0.25, 0.3) is 0 Å². The van der Waals surface area contributed by atoms with Gasteiger partial charge in [0.05, 0.1) is 6.42 Å². The highest BCUT2D eigenvalue weighted by Crippen LogP contribution is 2.57. The fourth-order valence-electron chi connectivity index (χ4n) is 1.38. The van der Waals surface area contributed by atoms with E-state index in [0.29, 0.717) is 0 Å². The molecular weight excluding hydrogens is 347 g/mol. The largest absolute Gasteiger partial charge is 0.437 e. The number of alkyl halides is 9. The van der Waals surface area contributed by atoms with Crippen LogP contribution in [0.5, 0.6) is 0 Å². The van der Waals surface area contributed by atoms with Crippen molar-refractivity contribution in [2.45, 2.75) is 43.5 Å². The van der Waals surface area contributed by atoms with Crippen molar-refractivity contribution in [2.75, 3.05) is 0 Å². The first-order chi connectivity index (χ1) is 8.71. The summed E-state index contributed by atoms with van der Waals surface area (Å²) in [7, 11) is -6.99. The Hall–Kier alpha value is -0.720. The topological polar surface area (TPSA) is 54.4 Å². The van der Waals surface area contributed by atoms with E-state index in [2.05, 4.69) is 0 Å². The van der Waals surface area contributed by atoms with Crippen LogP contribution >= 0.6 is 0 Å². The SMILES string of the molecule is CC(C)(CC(F)(F)F)C(F)(F)C(F)(F)C(F)(F)S(=O)(=O)O. The van der Waals surface area contributed by atoms with Crippen LogP contribution in [0.15, 0.2) is 0 Å². The van der Waals surface area contributed by atoms with Gasteiger partial charge in [0, 0.05) is 5.41 Å². The molecule has 0 rings (SSSR count). The predicted octanol–water partition coefficient (Wildman–Crippen LogP) is 3.72. The Morgan fingerprint density at radius 2 is 1.14 bits per heavy atom. The number of hydrogen-bond donors (Lipinski definition) is 1. The molecule has 0 aromatic carbocycles. The Balaban J connectivity index is 6.01.